The molecule has 1 rings (SSSR count). The molecule has 0 aromatic heterocycles. The predicted octanol–water partition coefficient (Wildman–Crippen LogP) is -4.31. The molecule has 5 atom stereocenters. The highest BCUT2D eigenvalue weighted by Gasteiger charge is 2.49. The molecule has 4 N–H and O–H groups in total. The Morgan fingerprint density at radius 2 is 1.76 bits per heavy atom. The second kappa shape index (κ2) is 7.01. The Morgan fingerprint density at radius 1 is 1.18 bits per heavy atom. The summed E-state index contributed by atoms with van der Waals surface area (Å²) in [6.07, 6.45) is -1.12. The number of likely N-dealkylation sites (tertiary alicyclic amines) is 1. The van der Waals surface area contributed by atoms with Gasteiger partial charge in [0.2, 0.25) is 0 Å². The van der Waals surface area contributed by atoms with Gasteiger partial charge in [0.25, 0.3) is 0 Å². The number of likely N-dealkylation sites (N-methyl/N-ethyl adjacent to an activating group) is 1. The molecule has 17 heavy (non-hydrogen) atoms. The van der Waals surface area contributed by atoms with Crippen LogP contribution in [0.15, 0.2) is 0 Å². The van der Waals surface area contributed by atoms with Gasteiger partial charge in [0.15, 0.2) is 0 Å². The minimum Gasteiger partial charge on any atom is -1.00 e. The quantitative estimate of drug-likeness (QED) is 0.396. The van der Waals surface area contributed by atoms with Crippen LogP contribution in [0.3, 0.4) is 0 Å². The number of piperidine rings is 1. The van der Waals surface area contributed by atoms with Gasteiger partial charge < -0.3 is 41.9 Å². The first kappa shape index (κ1) is 17.3. The van der Waals surface area contributed by atoms with E-state index in [0.29, 0.717) is 11.0 Å². The zero-order valence-corrected chi connectivity index (χ0v) is 12.0. The molecular weight excluding hydrogens is 290 g/mol. The van der Waals surface area contributed by atoms with E-state index in [0.717, 1.165) is 19.4 Å². The Hall–Kier alpha value is 0.280. The van der Waals surface area contributed by atoms with Crippen molar-refractivity contribution in [1.82, 2.24) is 0 Å². The van der Waals surface area contributed by atoms with E-state index >= 15 is 0 Å². The molecule has 1 saturated heterocycles. The Labute approximate surface area is 113 Å². The number of hydrogen-bond donors (Lipinski definition) is 4. The van der Waals surface area contributed by atoms with E-state index < -0.39 is 24.4 Å². The van der Waals surface area contributed by atoms with Gasteiger partial charge in [-0.2, -0.15) is 0 Å². The van der Waals surface area contributed by atoms with Crippen molar-refractivity contribution in [3.8, 4) is 0 Å². The van der Waals surface area contributed by atoms with Crippen molar-refractivity contribution in [2.45, 2.75) is 44.1 Å². The molecule has 1 aliphatic heterocycles. The number of aliphatic hydroxyl groups is 4. The fourth-order valence-corrected chi connectivity index (χ4v) is 2.58. The second-order valence-electron chi connectivity index (χ2n) is 5.04. The summed E-state index contributed by atoms with van der Waals surface area (Å²) in [5, 5.41) is 38.5. The van der Waals surface area contributed by atoms with Gasteiger partial charge in [-0.1, -0.05) is 13.3 Å². The van der Waals surface area contributed by atoms with Crippen LogP contribution in [-0.4, -0.2) is 76.0 Å². The summed E-state index contributed by atoms with van der Waals surface area (Å²) in [5.74, 6) is 0. The third kappa shape index (κ3) is 3.62. The fourth-order valence-electron chi connectivity index (χ4n) is 2.58. The topological polar surface area (TPSA) is 80.9 Å². The lowest BCUT2D eigenvalue weighted by Gasteiger charge is -2.49. The molecule has 0 spiro atoms. The van der Waals surface area contributed by atoms with E-state index in [1.807, 2.05) is 7.05 Å². The van der Waals surface area contributed by atoms with Crippen molar-refractivity contribution in [1.29, 1.82) is 0 Å². The number of quaternary nitrogens is 1. The minimum atomic E-state index is -1.15. The summed E-state index contributed by atoms with van der Waals surface area (Å²) >= 11 is 0. The third-order valence-corrected chi connectivity index (χ3v) is 3.75. The molecule has 1 unspecified atom stereocenters. The van der Waals surface area contributed by atoms with Crippen molar-refractivity contribution >= 4 is 0 Å². The van der Waals surface area contributed by atoms with Gasteiger partial charge in [0.1, 0.15) is 30.9 Å². The molecule has 104 valence electrons. The number of rotatable bonds is 4. The molecule has 0 bridgehead atoms. The second-order valence-corrected chi connectivity index (χ2v) is 5.04. The maximum atomic E-state index is 9.86. The molecule has 0 aromatic rings. The lowest BCUT2D eigenvalue weighted by molar-refractivity contribution is -0.946. The number of aliphatic hydroxyl groups excluding tert-OH is 4. The Kier molecular flexibility index (Phi) is 7.13. The number of hydrogen-bond acceptors (Lipinski definition) is 4. The molecule has 0 aliphatic carbocycles. The Morgan fingerprint density at radius 3 is 2.24 bits per heavy atom. The Bertz CT molecular complexity index is 232. The summed E-state index contributed by atoms with van der Waals surface area (Å²) in [6.45, 7) is 3.07. The van der Waals surface area contributed by atoms with Gasteiger partial charge in [-0.05, 0) is 6.42 Å². The summed E-state index contributed by atoms with van der Waals surface area (Å²) in [4.78, 5) is 0. The van der Waals surface area contributed by atoms with Crippen LogP contribution in [0.5, 0.6) is 0 Å². The lowest BCUT2D eigenvalue weighted by atomic mass is 9.91. The number of nitrogens with zero attached hydrogens (tertiary/aromatic N) is 1. The van der Waals surface area contributed by atoms with E-state index in [9.17, 15) is 20.4 Å². The van der Waals surface area contributed by atoms with Crippen LogP contribution >= 0.6 is 0 Å². The molecule has 0 saturated carbocycles. The van der Waals surface area contributed by atoms with Crippen LogP contribution in [0.25, 0.3) is 0 Å². The van der Waals surface area contributed by atoms with Gasteiger partial charge >= 0.3 is 0 Å². The van der Waals surface area contributed by atoms with Crippen molar-refractivity contribution in [3.63, 3.8) is 0 Å². The van der Waals surface area contributed by atoms with Crippen LogP contribution in [-0.2, 0) is 0 Å². The van der Waals surface area contributed by atoms with Crippen LogP contribution in [0.4, 0.5) is 0 Å². The summed E-state index contributed by atoms with van der Waals surface area (Å²) < 4.78 is 0.420. The molecule has 6 heteroatoms. The summed E-state index contributed by atoms with van der Waals surface area (Å²) in [5.41, 5.74) is 0. The standard InChI is InChI=1S/C11H24NO4.BrH/c1-3-4-5-12(2)6-9(14)11(16)10(15)8(12)7-13;/h8-11,13-16H,3-7H2,1-2H3;1H/q+1;/p-1/t8-,9+,10-,11-,12?;/m1./s1. The molecule has 1 fully saturated rings. The lowest BCUT2D eigenvalue weighted by Crippen LogP contribution is -3.00. The summed E-state index contributed by atoms with van der Waals surface area (Å²) in [6, 6.07) is -0.412. The minimum absolute atomic E-state index is 0. The highest BCUT2D eigenvalue weighted by molar-refractivity contribution is 4.87. The normalized spacial score (nSPS) is 42.0. The molecular formula is C11H24BrNO4. The van der Waals surface area contributed by atoms with Crippen LogP contribution in [0.2, 0.25) is 0 Å². The van der Waals surface area contributed by atoms with Gasteiger partial charge in [0.05, 0.1) is 20.2 Å². The van der Waals surface area contributed by atoms with Gasteiger partial charge in [0, 0.05) is 0 Å². The zero-order chi connectivity index (χ0) is 12.3. The Balaban J connectivity index is 0.00000256. The molecule has 1 heterocycles. The molecule has 0 amide bonds. The molecule has 0 aromatic carbocycles. The molecule has 0 radical (unpaired) electrons. The molecule has 5 nitrogen and oxygen atoms in total. The average molecular weight is 314 g/mol. The summed E-state index contributed by atoms with van der Waals surface area (Å²) in [7, 11) is 1.91. The van der Waals surface area contributed by atoms with E-state index in [1.165, 1.54) is 0 Å². The van der Waals surface area contributed by atoms with Crippen LogP contribution in [0, 0.1) is 0 Å². The highest BCUT2D eigenvalue weighted by atomic mass is 79.9. The largest absolute Gasteiger partial charge is 1.00 e. The monoisotopic (exact) mass is 313 g/mol. The highest BCUT2D eigenvalue weighted by Crippen LogP contribution is 2.25. The van der Waals surface area contributed by atoms with Crippen molar-refractivity contribution in [2.24, 2.45) is 0 Å². The first-order valence-corrected chi connectivity index (χ1v) is 5.95. The fraction of sp³-hybridized carbons (Fsp3) is 1.00. The maximum absolute atomic E-state index is 9.86. The SMILES string of the molecule is CCCC[N+]1(C)C[C@H](O)[C@@H](O)[C@H](O)[C@H]1CO.[Br-]. The van der Waals surface area contributed by atoms with E-state index in [4.69, 9.17) is 0 Å². The first-order valence-electron chi connectivity index (χ1n) is 5.95. The zero-order valence-electron chi connectivity index (χ0n) is 10.5. The molecule has 1 aliphatic rings. The number of unbranched alkanes of at least 4 members (excludes halogenated alkanes) is 1. The maximum Gasteiger partial charge on any atom is 0.141 e. The first-order chi connectivity index (χ1) is 7.46. The van der Waals surface area contributed by atoms with E-state index in [-0.39, 0.29) is 23.6 Å². The third-order valence-electron chi connectivity index (χ3n) is 3.75. The van der Waals surface area contributed by atoms with Crippen molar-refractivity contribution < 1.29 is 41.9 Å². The van der Waals surface area contributed by atoms with E-state index in [2.05, 4.69) is 6.92 Å². The van der Waals surface area contributed by atoms with Crippen molar-refractivity contribution in [3.05, 3.63) is 0 Å². The van der Waals surface area contributed by atoms with Crippen LogP contribution < -0.4 is 17.0 Å². The van der Waals surface area contributed by atoms with Gasteiger partial charge in [-0.3, -0.25) is 0 Å². The van der Waals surface area contributed by atoms with Gasteiger partial charge in [-0.25, -0.2) is 0 Å². The van der Waals surface area contributed by atoms with E-state index in [1.54, 1.807) is 0 Å². The van der Waals surface area contributed by atoms with Crippen molar-refractivity contribution in [2.75, 3.05) is 26.7 Å². The number of halogens is 1. The van der Waals surface area contributed by atoms with Crippen LogP contribution in [0.1, 0.15) is 19.8 Å². The van der Waals surface area contributed by atoms with Gasteiger partial charge in [-0.15, -0.1) is 0 Å². The average Bonchev–Trinajstić information content (AvgIpc) is 2.24. The predicted molar refractivity (Wildman–Crippen MR) is 59.7 cm³/mol. The smallest absolute Gasteiger partial charge is 0.141 e.